The number of hydrogen-bond donors (Lipinski definition) is 2. The zero-order valence-electron chi connectivity index (χ0n) is 37.2. The van der Waals surface area contributed by atoms with E-state index < -0.39 is 5.41 Å². The molecule has 11 aromatic carbocycles. The fraction of sp³-hybridized carbons (Fsp3) is 0.0469. The van der Waals surface area contributed by atoms with Crippen molar-refractivity contribution in [3.63, 3.8) is 0 Å². The van der Waals surface area contributed by atoms with Gasteiger partial charge in [-0.05, 0) is 111 Å². The van der Waals surface area contributed by atoms with Crippen LogP contribution < -0.4 is 11.5 Å². The van der Waals surface area contributed by atoms with Crippen LogP contribution in [-0.2, 0) is 18.5 Å². The van der Waals surface area contributed by atoms with Crippen LogP contribution in [-0.4, -0.2) is 5.84 Å². The highest BCUT2D eigenvalue weighted by atomic mass is 14.8. The number of aliphatic imine (C=N–C) groups is 1. The second kappa shape index (κ2) is 17.9. The van der Waals surface area contributed by atoms with Gasteiger partial charge in [0, 0.05) is 12.1 Å². The first kappa shape index (κ1) is 41.3. The average Bonchev–Trinajstić information content (AvgIpc) is 3.71. The first-order valence-corrected chi connectivity index (χ1v) is 23.0. The van der Waals surface area contributed by atoms with Crippen LogP contribution in [0.3, 0.4) is 0 Å². The molecule has 0 heterocycles. The summed E-state index contributed by atoms with van der Waals surface area (Å²) >= 11 is 0. The molecule has 0 fully saturated rings. The lowest BCUT2D eigenvalue weighted by Gasteiger charge is -2.34. The zero-order chi connectivity index (χ0) is 45.2. The second-order valence-corrected chi connectivity index (χ2v) is 17.3. The van der Waals surface area contributed by atoms with Gasteiger partial charge in [-0.3, -0.25) is 4.99 Å². The Balaban J connectivity index is 0.000000562. The van der Waals surface area contributed by atoms with E-state index >= 15 is 0 Å². The molecular formula is C64H49N3. The van der Waals surface area contributed by atoms with E-state index in [2.05, 4.69) is 193 Å². The minimum atomic E-state index is -0.463. The van der Waals surface area contributed by atoms with Gasteiger partial charge in [0.1, 0.15) is 5.84 Å². The lowest BCUT2D eigenvalue weighted by molar-refractivity contribution is 0.769. The summed E-state index contributed by atoms with van der Waals surface area (Å²) in [5.74, 6) is 0.555. The monoisotopic (exact) mass is 859 g/mol. The van der Waals surface area contributed by atoms with Gasteiger partial charge in [0.2, 0.25) is 0 Å². The van der Waals surface area contributed by atoms with Crippen LogP contribution >= 0.6 is 0 Å². The number of nitrogens with zero attached hydrogens (tertiary/aromatic N) is 1. The van der Waals surface area contributed by atoms with E-state index in [0.717, 1.165) is 11.1 Å². The standard InChI is InChI=1S/C57H40N2.C7H9N/c58-56(40-15-4-1-5-16-40)59-37-38-27-29-39(30-28-38)41-31-34-51-52(35-41)47-22-11-10-21-46(47)50-25-14-24-45(55(50)51)42-32-33-49-48-23-12-13-26-53(48)57(54(49)36-42,43-17-6-2-7-18-43)44-19-8-3-9-20-44;8-6-7-4-2-1-3-5-7/h1-36H,37H2,(H2,58,59);1-5H,6,8H2. The molecule has 0 saturated carbocycles. The highest BCUT2D eigenvalue weighted by Crippen LogP contribution is 2.57. The molecule has 0 spiro atoms. The van der Waals surface area contributed by atoms with E-state index in [1.54, 1.807) is 0 Å². The van der Waals surface area contributed by atoms with Crippen LogP contribution in [0.1, 0.15) is 38.9 Å². The molecule has 0 unspecified atom stereocenters. The molecule has 0 bridgehead atoms. The molecule has 0 radical (unpaired) electrons. The van der Waals surface area contributed by atoms with Crippen LogP contribution in [0.5, 0.6) is 0 Å². The van der Waals surface area contributed by atoms with E-state index in [9.17, 15) is 0 Å². The largest absolute Gasteiger partial charge is 0.383 e. The topological polar surface area (TPSA) is 64.4 Å². The molecule has 3 nitrogen and oxygen atoms in total. The first-order valence-electron chi connectivity index (χ1n) is 23.0. The van der Waals surface area contributed by atoms with Gasteiger partial charge in [-0.15, -0.1) is 0 Å². The Morgan fingerprint density at radius 3 is 1.57 bits per heavy atom. The molecule has 4 N–H and O–H groups in total. The Hall–Kier alpha value is -8.37. The molecule has 67 heavy (non-hydrogen) atoms. The van der Waals surface area contributed by atoms with Crippen LogP contribution in [0.2, 0.25) is 0 Å². The van der Waals surface area contributed by atoms with E-state index in [-0.39, 0.29) is 0 Å². The van der Waals surface area contributed by atoms with Crippen molar-refractivity contribution < 1.29 is 0 Å². The first-order chi connectivity index (χ1) is 33.1. The second-order valence-electron chi connectivity index (χ2n) is 17.3. The molecular weight excluding hydrogens is 811 g/mol. The van der Waals surface area contributed by atoms with E-state index in [4.69, 9.17) is 11.5 Å². The molecule has 12 rings (SSSR count). The quantitative estimate of drug-likeness (QED) is 0.0908. The molecule has 0 amide bonds. The third-order valence-electron chi connectivity index (χ3n) is 13.5. The van der Waals surface area contributed by atoms with E-state index in [1.165, 1.54) is 93.5 Å². The lowest BCUT2D eigenvalue weighted by Crippen LogP contribution is -2.28. The Morgan fingerprint density at radius 2 is 0.896 bits per heavy atom. The van der Waals surface area contributed by atoms with Crippen molar-refractivity contribution >= 4 is 38.2 Å². The minimum Gasteiger partial charge on any atom is -0.383 e. The highest BCUT2D eigenvalue weighted by molar-refractivity contribution is 6.29. The van der Waals surface area contributed by atoms with Crippen molar-refractivity contribution in [2.24, 2.45) is 16.5 Å². The van der Waals surface area contributed by atoms with Crippen LogP contribution in [0.15, 0.2) is 254 Å². The fourth-order valence-electron chi connectivity index (χ4n) is 10.3. The molecule has 11 aromatic rings. The summed E-state index contributed by atoms with van der Waals surface area (Å²) in [7, 11) is 0. The zero-order valence-corrected chi connectivity index (χ0v) is 37.2. The van der Waals surface area contributed by atoms with Crippen LogP contribution in [0.4, 0.5) is 0 Å². The predicted molar refractivity (Wildman–Crippen MR) is 282 cm³/mol. The van der Waals surface area contributed by atoms with Crippen molar-refractivity contribution in [2.45, 2.75) is 18.5 Å². The maximum absolute atomic E-state index is 6.30. The molecule has 0 atom stereocenters. The minimum absolute atomic E-state index is 0.463. The van der Waals surface area contributed by atoms with Crippen LogP contribution in [0, 0.1) is 0 Å². The third-order valence-corrected chi connectivity index (χ3v) is 13.5. The normalized spacial score (nSPS) is 12.6. The summed E-state index contributed by atoms with van der Waals surface area (Å²) in [6, 6.07) is 89.6. The maximum atomic E-state index is 6.30. The fourth-order valence-corrected chi connectivity index (χ4v) is 10.3. The van der Waals surface area contributed by atoms with Gasteiger partial charge in [0.25, 0.3) is 0 Å². The molecule has 1 aliphatic rings. The van der Waals surface area contributed by atoms with Gasteiger partial charge >= 0.3 is 0 Å². The van der Waals surface area contributed by atoms with Crippen molar-refractivity contribution in [1.82, 2.24) is 0 Å². The van der Waals surface area contributed by atoms with Gasteiger partial charge in [-0.25, -0.2) is 0 Å². The highest BCUT2D eigenvalue weighted by Gasteiger charge is 2.46. The Bertz CT molecular complexity index is 3520. The summed E-state index contributed by atoms with van der Waals surface area (Å²) < 4.78 is 0. The summed E-state index contributed by atoms with van der Waals surface area (Å²) in [5.41, 5.74) is 27.0. The molecule has 320 valence electrons. The SMILES string of the molecule is NC(=NCc1ccc(-c2ccc3c(c2)c2ccccc2c2cccc(-c4ccc5c(c4)C(c4ccccc4)(c4ccccc4)c4ccccc4-5)c23)cc1)c1ccccc1.NCc1ccccc1. The molecule has 1 aliphatic carbocycles. The maximum Gasteiger partial charge on any atom is 0.125 e. The summed E-state index contributed by atoms with van der Waals surface area (Å²) in [6.45, 7) is 1.17. The Kier molecular flexibility index (Phi) is 11.0. The molecule has 0 aliphatic heterocycles. The van der Waals surface area contributed by atoms with Crippen molar-refractivity contribution in [2.75, 3.05) is 0 Å². The van der Waals surface area contributed by atoms with Gasteiger partial charge in [0.05, 0.1) is 12.0 Å². The Morgan fingerprint density at radius 1 is 0.373 bits per heavy atom. The lowest BCUT2D eigenvalue weighted by atomic mass is 9.67. The van der Waals surface area contributed by atoms with Crippen molar-refractivity contribution in [3.8, 4) is 33.4 Å². The number of amidine groups is 1. The van der Waals surface area contributed by atoms with Gasteiger partial charge in [-0.1, -0.05) is 237 Å². The van der Waals surface area contributed by atoms with Gasteiger partial charge in [0.15, 0.2) is 0 Å². The number of rotatable bonds is 8. The summed E-state index contributed by atoms with van der Waals surface area (Å²) in [4.78, 5) is 4.67. The third kappa shape index (κ3) is 7.46. The van der Waals surface area contributed by atoms with Gasteiger partial charge < -0.3 is 11.5 Å². The molecule has 0 saturated heterocycles. The van der Waals surface area contributed by atoms with E-state index in [1.807, 2.05) is 60.7 Å². The predicted octanol–water partition coefficient (Wildman–Crippen LogP) is 14.9. The van der Waals surface area contributed by atoms with E-state index in [0.29, 0.717) is 18.9 Å². The average molecular weight is 860 g/mol. The summed E-state index contributed by atoms with van der Waals surface area (Å²) in [6.07, 6.45) is 0. The van der Waals surface area contributed by atoms with Crippen molar-refractivity contribution in [3.05, 3.63) is 288 Å². The van der Waals surface area contributed by atoms with Crippen LogP contribution in [0.25, 0.3) is 65.7 Å². The number of benzene rings is 11. The molecule has 0 aromatic heterocycles. The number of hydrogen-bond acceptors (Lipinski definition) is 2. The molecule has 3 heteroatoms. The Labute approximate surface area is 392 Å². The summed E-state index contributed by atoms with van der Waals surface area (Å²) in [5, 5.41) is 7.56. The smallest absolute Gasteiger partial charge is 0.125 e. The van der Waals surface area contributed by atoms with Gasteiger partial charge in [-0.2, -0.15) is 0 Å². The number of fused-ring (bicyclic) bond motifs is 9. The van der Waals surface area contributed by atoms with Crippen molar-refractivity contribution in [1.29, 1.82) is 0 Å². The number of nitrogens with two attached hydrogens (primary N) is 2.